The van der Waals surface area contributed by atoms with Crippen LogP contribution in [0.1, 0.15) is 26.3 Å². The predicted molar refractivity (Wildman–Crippen MR) is 104 cm³/mol. The van der Waals surface area contributed by atoms with Crippen molar-refractivity contribution in [2.75, 3.05) is 19.3 Å². The lowest BCUT2D eigenvalue weighted by atomic mass is 10.2. The Morgan fingerprint density at radius 3 is 2.31 bits per heavy atom. The van der Waals surface area contributed by atoms with Crippen LogP contribution in [0.5, 0.6) is 5.75 Å². The maximum atomic E-state index is 13.6. The van der Waals surface area contributed by atoms with Crippen LogP contribution in [0.15, 0.2) is 18.2 Å². The topological polar surface area (TPSA) is 55.8 Å². The molecule has 0 N–H and O–H groups in total. The summed E-state index contributed by atoms with van der Waals surface area (Å²) in [5.41, 5.74) is 0.801. The Hall–Kier alpha value is -0.963. The molecule has 2 atom stereocenters. The number of rotatable bonds is 5. The molecule has 1 aliphatic heterocycles. The molecule has 1 fully saturated rings. The van der Waals surface area contributed by atoms with Crippen LogP contribution < -0.4 is 4.74 Å². The molecule has 0 aromatic heterocycles. The fourth-order valence-corrected chi connectivity index (χ4v) is 4.80. The molecule has 1 aromatic carbocycles. The van der Waals surface area contributed by atoms with Gasteiger partial charge in [0.25, 0.3) is 0 Å². The predicted octanol–water partition coefficient (Wildman–Crippen LogP) is 3.55. The summed E-state index contributed by atoms with van der Waals surface area (Å²) in [6.07, 6.45) is 0.333. The number of hydrogen-bond acceptors (Lipinski definition) is 4. The van der Waals surface area contributed by atoms with Gasteiger partial charge in [-0.2, -0.15) is 4.31 Å². The van der Waals surface area contributed by atoms with Gasteiger partial charge in [0.1, 0.15) is 17.7 Å². The van der Waals surface area contributed by atoms with E-state index in [0.717, 1.165) is 5.56 Å². The minimum Gasteiger partial charge on any atom is -0.486 e. The van der Waals surface area contributed by atoms with Gasteiger partial charge in [-0.25, -0.2) is 12.8 Å². The molecule has 1 aromatic rings. The van der Waals surface area contributed by atoms with Gasteiger partial charge in [-0.15, -0.1) is 0 Å². The van der Waals surface area contributed by atoms with E-state index in [0.29, 0.717) is 5.75 Å². The van der Waals surface area contributed by atoms with Crippen LogP contribution in [0.4, 0.5) is 4.39 Å². The zero-order chi connectivity index (χ0) is 19.9. The maximum Gasteiger partial charge on any atom is 0.211 e. The summed E-state index contributed by atoms with van der Waals surface area (Å²) in [7, 11) is -5.47. The number of benzene rings is 1. The second-order valence-corrected chi connectivity index (χ2v) is 15.3. The molecular formula is C18H30FNO4SSi. The van der Waals surface area contributed by atoms with E-state index in [2.05, 4.69) is 33.9 Å². The Balaban J connectivity index is 2.29. The molecule has 0 unspecified atom stereocenters. The third-order valence-corrected chi connectivity index (χ3v) is 11.1. The number of sulfonamides is 1. The molecule has 0 radical (unpaired) electrons. The second kappa shape index (κ2) is 7.22. The maximum absolute atomic E-state index is 13.6. The van der Waals surface area contributed by atoms with E-state index in [1.54, 1.807) is 6.07 Å². The Bertz CT molecular complexity index is 761. The molecule has 26 heavy (non-hydrogen) atoms. The number of halogens is 1. The molecule has 1 saturated heterocycles. The van der Waals surface area contributed by atoms with Crippen molar-refractivity contribution in [3.8, 4) is 5.75 Å². The highest BCUT2D eigenvalue weighted by molar-refractivity contribution is 7.88. The van der Waals surface area contributed by atoms with Crippen LogP contribution in [0, 0.1) is 12.7 Å². The highest BCUT2D eigenvalue weighted by atomic mass is 32.2. The lowest BCUT2D eigenvalue weighted by Crippen LogP contribution is -2.48. The summed E-state index contributed by atoms with van der Waals surface area (Å²) < 4.78 is 51.5. The van der Waals surface area contributed by atoms with Gasteiger partial charge in [0.15, 0.2) is 8.32 Å². The molecule has 0 saturated carbocycles. The normalized spacial score (nSPS) is 22.6. The fraction of sp³-hybridized carbons (Fsp3) is 0.667. The standard InChI is InChI=1S/C18H30FNO4SSi/c1-13-8-9-14(19)10-15(13)23-16-11-20(25(5,21)22)12-17(16)24-26(6,7)18(2,3)4/h8-10,16-17H,11-12H2,1-7H3/t16-,17-/m0/s1. The fourth-order valence-electron chi connectivity index (χ4n) is 2.63. The molecule has 148 valence electrons. The smallest absolute Gasteiger partial charge is 0.211 e. The number of hydrogen-bond donors (Lipinski definition) is 0. The van der Waals surface area contributed by atoms with E-state index in [1.807, 2.05) is 6.92 Å². The van der Waals surface area contributed by atoms with Gasteiger partial charge in [-0.05, 0) is 36.7 Å². The Labute approximate surface area is 157 Å². The number of aryl methyl sites for hydroxylation is 1. The van der Waals surface area contributed by atoms with Gasteiger partial charge < -0.3 is 9.16 Å². The minimum atomic E-state index is -3.36. The SMILES string of the molecule is Cc1ccc(F)cc1O[C@H]1CN(S(C)(=O)=O)C[C@@H]1O[Si](C)(C)C(C)(C)C. The quantitative estimate of drug-likeness (QED) is 0.706. The van der Waals surface area contributed by atoms with Crippen LogP contribution >= 0.6 is 0 Å². The van der Waals surface area contributed by atoms with E-state index in [-0.39, 0.29) is 30.0 Å². The van der Waals surface area contributed by atoms with Crippen molar-refractivity contribution in [2.24, 2.45) is 0 Å². The summed E-state index contributed by atoms with van der Waals surface area (Å²) >= 11 is 0. The van der Waals surface area contributed by atoms with Gasteiger partial charge in [0.2, 0.25) is 10.0 Å². The lowest BCUT2D eigenvalue weighted by Gasteiger charge is -2.39. The largest absolute Gasteiger partial charge is 0.486 e. The highest BCUT2D eigenvalue weighted by Crippen LogP contribution is 2.39. The van der Waals surface area contributed by atoms with Crippen LogP contribution in [0.2, 0.25) is 18.1 Å². The van der Waals surface area contributed by atoms with E-state index in [9.17, 15) is 12.8 Å². The van der Waals surface area contributed by atoms with Crippen LogP contribution in [-0.4, -0.2) is 52.6 Å². The molecular weight excluding hydrogens is 373 g/mol. The Kier molecular flexibility index (Phi) is 5.92. The molecule has 1 heterocycles. The average Bonchev–Trinajstić information content (AvgIpc) is 2.84. The molecule has 0 aliphatic carbocycles. The van der Waals surface area contributed by atoms with Crippen molar-refractivity contribution < 1.29 is 22.0 Å². The van der Waals surface area contributed by atoms with Crippen molar-refractivity contribution in [3.63, 3.8) is 0 Å². The molecule has 0 bridgehead atoms. The van der Waals surface area contributed by atoms with Crippen molar-refractivity contribution in [1.82, 2.24) is 4.31 Å². The second-order valence-electron chi connectivity index (χ2n) is 8.56. The molecule has 8 heteroatoms. The summed E-state index contributed by atoms with van der Waals surface area (Å²) in [5, 5.41) is -0.00910. The van der Waals surface area contributed by atoms with Crippen LogP contribution in [0.3, 0.4) is 0 Å². The monoisotopic (exact) mass is 403 g/mol. The summed E-state index contributed by atoms with van der Waals surface area (Å²) in [6.45, 7) is 12.9. The molecule has 0 amide bonds. The highest BCUT2D eigenvalue weighted by Gasteiger charge is 2.46. The first-order valence-corrected chi connectivity index (χ1v) is 13.5. The van der Waals surface area contributed by atoms with Gasteiger partial charge >= 0.3 is 0 Å². The van der Waals surface area contributed by atoms with Gasteiger partial charge in [-0.1, -0.05) is 26.8 Å². The van der Waals surface area contributed by atoms with Crippen LogP contribution in [-0.2, 0) is 14.4 Å². The Morgan fingerprint density at radius 2 is 1.77 bits per heavy atom. The molecule has 2 rings (SSSR count). The van der Waals surface area contributed by atoms with Gasteiger partial charge in [-0.3, -0.25) is 0 Å². The van der Waals surface area contributed by atoms with Crippen molar-refractivity contribution in [2.45, 2.75) is 58.0 Å². The first-order valence-electron chi connectivity index (χ1n) is 8.76. The van der Waals surface area contributed by atoms with E-state index < -0.39 is 24.4 Å². The van der Waals surface area contributed by atoms with Crippen molar-refractivity contribution >= 4 is 18.3 Å². The first kappa shape index (κ1) is 21.3. The zero-order valence-corrected chi connectivity index (χ0v) is 18.5. The average molecular weight is 404 g/mol. The third-order valence-electron chi connectivity index (χ3n) is 5.33. The first-order chi connectivity index (χ1) is 11.7. The minimum absolute atomic E-state index is 0.00910. The van der Waals surface area contributed by atoms with E-state index in [1.165, 1.54) is 22.7 Å². The van der Waals surface area contributed by atoms with Crippen LogP contribution in [0.25, 0.3) is 0 Å². The van der Waals surface area contributed by atoms with E-state index >= 15 is 0 Å². The third kappa shape index (κ3) is 4.85. The zero-order valence-electron chi connectivity index (χ0n) is 16.7. The van der Waals surface area contributed by atoms with Crippen molar-refractivity contribution in [1.29, 1.82) is 0 Å². The summed E-state index contributed by atoms with van der Waals surface area (Å²) in [6, 6.07) is 4.36. The van der Waals surface area contributed by atoms with Crippen molar-refractivity contribution in [3.05, 3.63) is 29.6 Å². The Morgan fingerprint density at radius 1 is 1.19 bits per heavy atom. The molecule has 5 nitrogen and oxygen atoms in total. The number of ether oxygens (including phenoxy) is 1. The van der Waals surface area contributed by atoms with Gasteiger partial charge in [0, 0.05) is 12.6 Å². The summed E-state index contributed by atoms with van der Waals surface area (Å²) in [5.74, 6) is 0.0413. The molecule has 0 spiro atoms. The molecule has 1 aliphatic rings. The van der Waals surface area contributed by atoms with E-state index in [4.69, 9.17) is 9.16 Å². The number of nitrogens with zero attached hydrogens (tertiary/aromatic N) is 1. The lowest BCUT2D eigenvalue weighted by molar-refractivity contribution is 0.0802. The summed E-state index contributed by atoms with van der Waals surface area (Å²) in [4.78, 5) is 0. The van der Waals surface area contributed by atoms with Gasteiger partial charge in [0.05, 0.1) is 18.9 Å².